The van der Waals surface area contributed by atoms with Crippen molar-refractivity contribution in [3.63, 3.8) is 0 Å². The van der Waals surface area contributed by atoms with Crippen molar-refractivity contribution in [1.82, 2.24) is 9.78 Å². The van der Waals surface area contributed by atoms with E-state index in [1.54, 1.807) is 60.8 Å². The number of hydrogen-bond acceptors (Lipinski definition) is 7. The van der Waals surface area contributed by atoms with Crippen LogP contribution in [0.5, 0.6) is 5.75 Å². The lowest BCUT2D eigenvalue weighted by Gasteiger charge is -2.10. The van der Waals surface area contributed by atoms with Crippen molar-refractivity contribution >= 4 is 50.6 Å². The average Bonchev–Trinajstić information content (AvgIpc) is 3.24. The number of benzene rings is 2. The summed E-state index contributed by atoms with van der Waals surface area (Å²) >= 11 is 7.09. The molecule has 0 aliphatic carbocycles. The van der Waals surface area contributed by atoms with Crippen molar-refractivity contribution in [2.45, 2.75) is 6.92 Å². The molecule has 0 bridgehead atoms. The summed E-state index contributed by atoms with van der Waals surface area (Å²) in [5.74, 6) is -0.573. The highest BCUT2D eigenvalue weighted by Crippen LogP contribution is 2.31. The molecule has 2 heterocycles. The maximum absolute atomic E-state index is 13.4. The number of aromatic nitrogens is 2. The largest absolute Gasteiger partial charge is 0.497 e. The number of halogens is 1. The number of amides is 1. The van der Waals surface area contributed by atoms with E-state index >= 15 is 0 Å². The molecular weight excluding hydrogens is 466 g/mol. The fourth-order valence-corrected chi connectivity index (χ4v) is 4.25. The third kappa shape index (κ3) is 4.46. The van der Waals surface area contributed by atoms with Gasteiger partial charge in [-0.3, -0.25) is 9.59 Å². The standard InChI is InChI=1S/C23H18ClN3O5S/c1-3-32-23(30)19-17-12-33-21(25-20(28)13-5-4-6-16(11-13)31-2)18(17)22(29)27(26-19)15-9-7-14(24)8-10-15/h4-12H,3H2,1-2H3,(H,25,28). The number of carbonyl (C=O) groups is 2. The molecule has 168 valence electrons. The molecule has 0 unspecified atom stereocenters. The molecule has 0 fully saturated rings. The molecule has 0 aliphatic rings. The third-order valence-electron chi connectivity index (χ3n) is 4.75. The van der Waals surface area contributed by atoms with Crippen LogP contribution < -0.4 is 15.6 Å². The summed E-state index contributed by atoms with van der Waals surface area (Å²) in [5, 5.41) is 9.86. The summed E-state index contributed by atoms with van der Waals surface area (Å²) in [6, 6.07) is 13.1. The van der Waals surface area contributed by atoms with E-state index in [1.165, 1.54) is 7.11 Å². The van der Waals surface area contributed by atoms with Crippen LogP contribution in [0, 0.1) is 0 Å². The second kappa shape index (κ2) is 9.43. The van der Waals surface area contributed by atoms with Gasteiger partial charge < -0.3 is 14.8 Å². The second-order valence-electron chi connectivity index (χ2n) is 6.80. The van der Waals surface area contributed by atoms with Gasteiger partial charge in [0.25, 0.3) is 11.5 Å². The van der Waals surface area contributed by atoms with E-state index < -0.39 is 17.4 Å². The molecule has 10 heteroatoms. The lowest BCUT2D eigenvalue weighted by atomic mass is 10.2. The first-order valence-electron chi connectivity index (χ1n) is 9.86. The van der Waals surface area contributed by atoms with Gasteiger partial charge in [-0.2, -0.15) is 9.78 Å². The Morgan fingerprint density at radius 1 is 1.18 bits per heavy atom. The summed E-state index contributed by atoms with van der Waals surface area (Å²) in [6.45, 7) is 1.82. The van der Waals surface area contributed by atoms with Crippen LogP contribution in [0.2, 0.25) is 5.02 Å². The molecule has 1 N–H and O–H groups in total. The Balaban J connectivity index is 1.86. The van der Waals surface area contributed by atoms with Crippen molar-refractivity contribution in [3.05, 3.63) is 80.5 Å². The monoisotopic (exact) mass is 483 g/mol. The van der Waals surface area contributed by atoms with Crippen LogP contribution in [0.4, 0.5) is 5.00 Å². The first-order chi connectivity index (χ1) is 15.9. The first-order valence-corrected chi connectivity index (χ1v) is 11.1. The van der Waals surface area contributed by atoms with Gasteiger partial charge in [0, 0.05) is 21.4 Å². The van der Waals surface area contributed by atoms with Gasteiger partial charge in [0.15, 0.2) is 5.69 Å². The smallest absolute Gasteiger partial charge is 0.359 e. The number of carbonyl (C=O) groups excluding carboxylic acids is 2. The molecule has 8 nitrogen and oxygen atoms in total. The summed E-state index contributed by atoms with van der Waals surface area (Å²) in [5.41, 5.74) is 0.240. The number of methoxy groups -OCH3 is 1. The number of fused-ring (bicyclic) bond motifs is 1. The molecule has 33 heavy (non-hydrogen) atoms. The number of rotatable bonds is 6. The minimum absolute atomic E-state index is 0.0282. The molecule has 0 saturated carbocycles. The molecule has 2 aromatic carbocycles. The molecule has 0 aliphatic heterocycles. The highest BCUT2D eigenvalue weighted by atomic mass is 35.5. The van der Waals surface area contributed by atoms with Crippen LogP contribution >= 0.6 is 22.9 Å². The molecule has 1 amide bonds. The van der Waals surface area contributed by atoms with E-state index in [0.29, 0.717) is 32.4 Å². The fourth-order valence-electron chi connectivity index (χ4n) is 3.19. The quantitative estimate of drug-likeness (QED) is 0.404. The SMILES string of the molecule is CCOC(=O)c1nn(-c2ccc(Cl)cc2)c(=O)c2c(NC(=O)c3cccc(OC)c3)scc12. The summed E-state index contributed by atoms with van der Waals surface area (Å²) in [4.78, 5) is 38.9. The summed E-state index contributed by atoms with van der Waals surface area (Å²) in [6.07, 6.45) is 0. The Labute approximate surface area is 197 Å². The number of nitrogens with one attached hydrogen (secondary N) is 1. The maximum Gasteiger partial charge on any atom is 0.359 e. The molecule has 0 atom stereocenters. The van der Waals surface area contributed by atoms with Gasteiger partial charge >= 0.3 is 5.97 Å². The van der Waals surface area contributed by atoms with Crippen LogP contribution in [-0.4, -0.2) is 35.4 Å². The van der Waals surface area contributed by atoms with Crippen molar-refractivity contribution in [2.75, 3.05) is 19.0 Å². The zero-order valence-electron chi connectivity index (χ0n) is 17.6. The second-order valence-corrected chi connectivity index (χ2v) is 8.12. The van der Waals surface area contributed by atoms with Gasteiger partial charge in [0.05, 0.1) is 24.8 Å². The van der Waals surface area contributed by atoms with Crippen LogP contribution in [0.25, 0.3) is 16.5 Å². The highest BCUT2D eigenvalue weighted by Gasteiger charge is 2.23. The highest BCUT2D eigenvalue weighted by molar-refractivity contribution is 7.16. The first kappa shape index (κ1) is 22.5. The van der Waals surface area contributed by atoms with Crippen molar-refractivity contribution < 1.29 is 19.1 Å². The predicted octanol–water partition coefficient (Wildman–Crippen LogP) is 4.54. The normalized spacial score (nSPS) is 10.8. The van der Waals surface area contributed by atoms with Gasteiger partial charge in [-0.05, 0) is 49.4 Å². The maximum atomic E-state index is 13.4. The zero-order valence-corrected chi connectivity index (χ0v) is 19.2. The molecule has 2 aromatic heterocycles. The van der Waals surface area contributed by atoms with Crippen molar-refractivity contribution in [2.24, 2.45) is 0 Å². The molecule has 4 rings (SSSR count). The van der Waals surface area contributed by atoms with Crippen molar-refractivity contribution in [3.8, 4) is 11.4 Å². The molecular formula is C23H18ClN3O5S. The number of esters is 1. The lowest BCUT2D eigenvalue weighted by molar-refractivity contribution is 0.0520. The number of ether oxygens (including phenoxy) is 2. The van der Waals surface area contributed by atoms with Gasteiger partial charge in [0.1, 0.15) is 10.8 Å². The van der Waals surface area contributed by atoms with Crippen LogP contribution in [0.1, 0.15) is 27.8 Å². The summed E-state index contributed by atoms with van der Waals surface area (Å²) in [7, 11) is 1.51. The minimum atomic E-state index is -0.673. The van der Waals surface area contributed by atoms with E-state index in [2.05, 4.69) is 10.4 Å². The van der Waals surface area contributed by atoms with E-state index in [1.807, 2.05) is 0 Å². The Bertz CT molecular complexity index is 1410. The Morgan fingerprint density at radius 2 is 1.94 bits per heavy atom. The van der Waals surface area contributed by atoms with E-state index in [9.17, 15) is 14.4 Å². The molecule has 0 radical (unpaired) electrons. The lowest BCUT2D eigenvalue weighted by Crippen LogP contribution is -2.25. The number of hydrogen-bond donors (Lipinski definition) is 1. The van der Waals surface area contributed by atoms with Crippen LogP contribution in [0.15, 0.2) is 58.7 Å². The molecule has 0 saturated heterocycles. The molecule has 0 spiro atoms. The van der Waals surface area contributed by atoms with Gasteiger partial charge in [0.2, 0.25) is 0 Å². The summed E-state index contributed by atoms with van der Waals surface area (Å²) < 4.78 is 11.4. The fraction of sp³-hybridized carbons (Fsp3) is 0.130. The Morgan fingerprint density at radius 3 is 2.64 bits per heavy atom. The Hall–Kier alpha value is -3.69. The molecule has 4 aromatic rings. The van der Waals surface area contributed by atoms with Gasteiger partial charge in [-0.1, -0.05) is 17.7 Å². The van der Waals surface area contributed by atoms with Crippen LogP contribution in [0.3, 0.4) is 0 Å². The minimum Gasteiger partial charge on any atom is -0.497 e. The van der Waals surface area contributed by atoms with E-state index in [0.717, 1.165) is 16.0 Å². The van der Waals surface area contributed by atoms with E-state index in [-0.39, 0.29) is 17.7 Å². The van der Waals surface area contributed by atoms with Gasteiger partial charge in [-0.25, -0.2) is 4.79 Å². The topological polar surface area (TPSA) is 99.5 Å². The number of nitrogens with zero attached hydrogens (tertiary/aromatic N) is 2. The number of anilines is 1. The van der Waals surface area contributed by atoms with Gasteiger partial charge in [-0.15, -0.1) is 11.3 Å². The average molecular weight is 484 g/mol. The number of thiophene rings is 1. The predicted molar refractivity (Wildman–Crippen MR) is 127 cm³/mol. The van der Waals surface area contributed by atoms with E-state index in [4.69, 9.17) is 21.1 Å². The zero-order chi connectivity index (χ0) is 23.5. The van der Waals surface area contributed by atoms with Crippen LogP contribution in [-0.2, 0) is 4.74 Å². The van der Waals surface area contributed by atoms with Crippen molar-refractivity contribution in [1.29, 1.82) is 0 Å². The third-order valence-corrected chi connectivity index (χ3v) is 5.90. The Kier molecular flexibility index (Phi) is 6.43.